The van der Waals surface area contributed by atoms with Crippen molar-refractivity contribution in [2.45, 2.75) is 20.8 Å². The van der Waals surface area contributed by atoms with E-state index in [9.17, 15) is 4.79 Å². The maximum absolute atomic E-state index is 12.2. The summed E-state index contributed by atoms with van der Waals surface area (Å²) in [7, 11) is 0. The van der Waals surface area contributed by atoms with E-state index in [1.807, 2.05) is 32.0 Å². The zero-order valence-corrected chi connectivity index (χ0v) is 11.8. The average Bonchev–Trinajstić information content (AvgIpc) is 2.40. The lowest BCUT2D eigenvalue weighted by Crippen LogP contribution is -2.15. The van der Waals surface area contributed by atoms with Crippen LogP contribution in [0.1, 0.15) is 28.9 Å². The van der Waals surface area contributed by atoms with E-state index in [1.54, 1.807) is 19.1 Å². The summed E-state index contributed by atoms with van der Waals surface area (Å²) in [5.74, 6) is 0.949. The van der Waals surface area contributed by atoms with Crippen LogP contribution in [0.3, 0.4) is 0 Å². The van der Waals surface area contributed by atoms with Crippen molar-refractivity contribution in [3.8, 4) is 5.75 Å². The highest BCUT2D eigenvalue weighted by Crippen LogP contribution is 2.24. The van der Waals surface area contributed by atoms with Gasteiger partial charge in [0.25, 0.3) is 5.91 Å². The molecule has 1 amide bonds. The number of nitrogens with one attached hydrogen (secondary N) is 1. The minimum atomic E-state index is -0.272. The van der Waals surface area contributed by atoms with Gasteiger partial charge in [0.15, 0.2) is 0 Å². The summed E-state index contributed by atoms with van der Waals surface area (Å²) >= 11 is 0. The maximum Gasteiger partial charge on any atom is 0.274 e. The molecular weight excluding hydrogens is 254 g/mol. The van der Waals surface area contributed by atoms with Gasteiger partial charge >= 0.3 is 0 Å². The van der Waals surface area contributed by atoms with Crippen molar-refractivity contribution < 1.29 is 9.53 Å². The molecule has 20 heavy (non-hydrogen) atoms. The Labute approximate surface area is 118 Å². The fraction of sp³-hybridized carbons (Fsp3) is 0.267. The molecule has 0 saturated carbocycles. The molecule has 0 unspecified atom stereocenters. The molecule has 0 bridgehead atoms. The van der Waals surface area contributed by atoms with Crippen molar-refractivity contribution in [2.24, 2.45) is 0 Å². The Bertz CT molecular complexity index is 606. The Morgan fingerprint density at radius 3 is 2.70 bits per heavy atom. The number of nitrogens with zero attached hydrogens (tertiary/aromatic N) is 2. The van der Waals surface area contributed by atoms with E-state index in [1.165, 1.54) is 0 Å². The Morgan fingerprint density at radius 2 is 2.00 bits per heavy atom. The highest BCUT2D eigenvalue weighted by atomic mass is 16.5. The molecule has 0 aliphatic rings. The Hall–Kier alpha value is -2.43. The van der Waals surface area contributed by atoms with Gasteiger partial charge in [-0.05, 0) is 39.0 Å². The zero-order chi connectivity index (χ0) is 14.5. The summed E-state index contributed by atoms with van der Waals surface area (Å²) in [6.07, 6.45) is 0. The predicted molar refractivity (Wildman–Crippen MR) is 77.1 cm³/mol. The number of hydrogen-bond donors (Lipinski definition) is 1. The van der Waals surface area contributed by atoms with Crippen molar-refractivity contribution in [2.75, 3.05) is 11.9 Å². The molecule has 1 aromatic heterocycles. The number of carbonyl (C=O) groups is 1. The molecule has 104 valence electrons. The SMILES string of the molecule is CCOc1ccccc1NC(=O)c1cc(C)nc(C)n1. The van der Waals surface area contributed by atoms with Crippen molar-refractivity contribution in [1.29, 1.82) is 0 Å². The summed E-state index contributed by atoms with van der Waals surface area (Å²) in [6, 6.07) is 8.97. The van der Waals surface area contributed by atoms with Gasteiger partial charge in [0.1, 0.15) is 17.3 Å². The van der Waals surface area contributed by atoms with Gasteiger partial charge in [-0.1, -0.05) is 12.1 Å². The molecule has 5 heteroatoms. The topological polar surface area (TPSA) is 64.1 Å². The molecule has 1 N–H and O–H groups in total. The molecule has 0 fully saturated rings. The third kappa shape index (κ3) is 3.32. The third-order valence-corrected chi connectivity index (χ3v) is 2.63. The fourth-order valence-electron chi connectivity index (χ4n) is 1.87. The second-order valence-electron chi connectivity index (χ2n) is 4.33. The average molecular weight is 271 g/mol. The molecule has 2 rings (SSSR count). The molecule has 1 aromatic carbocycles. The standard InChI is InChI=1S/C15H17N3O2/c1-4-20-14-8-6-5-7-12(14)18-15(19)13-9-10(2)16-11(3)17-13/h5-9H,4H2,1-3H3,(H,18,19). The van der Waals surface area contributed by atoms with Gasteiger partial charge in [-0.25, -0.2) is 9.97 Å². The number of aromatic nitrogens is 2. The van der Waals surface area contributed by atoms with Crippen LogP contribution in [-0.4, -0.2) is 22.5 Å². The van der Waals surface area contributed by atoms with E-state index in [-0.39, 0.29) is 5.91 Å². The lowest BCUT2D eigenvalue weighted by atomic mass is 10.2. The van der Waals surface area contributed by atoms with Crippen molar-refractivity contribution in [3.63, 3.8) is 0 Å². The monoisotopic (exact) mass is 271 g/mol. The quantitative estimate of drug-likeness (QED) is 0.928. The highest BCUT2D eigenvalue weighted by Gasteiger charge is 2.12. The van der Waals surface area contributed by atoms with E-state index < -0.39 is 0 Å². The number of para-hydroxylation sites is 2. The molecule has 0 aliphatic heterocycles. The van der Waals surface area contributed by atoms with E-state index in [2.05, 4.69) is 15.3 Å². The first-order valence-electron chi connectivity index (χ1n) is 6.45. The smallest absolute Gasteiger partial charge is 0.274 e. The van der Waals surface area contributed by atoms with Crippen LogP contribution in [0.2, 0.25) is 0 Å². The summed E-state index contributed by atoms with van der Waals surface area (Å²) < 4.78 is 5.47. The number of rotatable bonds is 4. The van der Waals surface area contributed by atoms with Crippen LogP contribution < -0.4 is 10.1 Å². The molecule has 0 radical (unpaired) electrons. The maximum atomic E-state index is 12.2. The van der Waals surface area contributed by atoms with Crippen LogP contribution >= 0.6 is 0 Å². The second kappa shape index (κ2) is 6.14. The Kier molecular flexibility index (Phi) is 4.30. The molecule has 0 atom stereocenters. The van der Waals surface area contributed by atoms with Crippen LogP contribution in [0.25, 0.3) is 0 Å². The molecule has 0 saturated heterocycles. The lowest BCUT2D eigenvalue weighted by Gasteiger charge is -2.11. The van der Waals surface area contributed by atoms with Gasteiger partial charge in [-0.15, -0.1) is 0 Å². The van der Waals surface area contributed by atoms with E-state index >= 15 is 0 Å². The van der Waals surface area contributed by atoms with Crippen LogP contribution in [0, 0.1) is 13.8 Å². The normalized spacial score (nSPS) is 10.2. The summed E-state index contributed by atoms with van der Waals surface area (Å²) in [6.45, 7) is 6.03. The van der Waals surface area contributed by atoms with Gasteiger partial charge in [0, 0.05) is 5.69 Å². The molecule has 2 aromatic rings. The van der Waals surface area contributed by atoms with E-state index in [0.29, 0.717) is 29.6 Å². The molecule has 5 nitrogen and oxygen atoms in total. The molecule has 0 aliphatic carbocycles. The summed E-state index contributed by atoms with van der Waals surface area (Å²) in [4.78, 5) is 20.5. The van der Waals surface area contributed by atoms with Crippen molar-refractivity contribution in [1.82, 2.24) is 9.97 Å². The Morgan fingerprint density at radius 1 is 1.25 bits per heavy atom. The number of carbonyl (C=O) groups excluding carboxylic acids is 1. The van der Waals surface area contributed by atoms with E-state index in [4.69, 9.17) is 4.74 Å². The lowest BCUT2D eigenvalue weighted by molar-refractivity contribution is 0.102. The summed E-state index contributed by atoms with van der Waals surface area (Å²) in [5, 5.41) is 2.81. The summed E-state index contributed by atoms with van der Waals surface area (Å²) in [5.41, 5.74) is 1.75. The highest BCUT2D eigenvalue weighted by molar-refractivity contribution is 6.03. The number of ether oxygens (including phenoxy) is 1. The van der Waals surface area contributed by atoms with Crippen LogP contribution in [0.4, 0.5) is 5.69 Å². The fourth-order valence-corrected chi connectivity index (χ4v) is 1.87. The minimum Gasteiger partial charge on any atom is -0.492 e. The number of hydrogen-bond acceptors (Lipinski definition) is 4. The van der Waals surface area contributed by atoms with Gasteiger partial charge in [-0.2, -0.15) is 0 Å². The first kappa shape index (κ1) is 14.0. The predicted octanol–water partition coefficient (Wildman–Crippen LogP) is 2.74. The molecule has 0 spiro atoms. The first-order valence-corrected chi connectivity index (χ1v) is 6.45. The van der Waals surface area contributed by atoms with Crippen molar-refractivity contribution >= 4 is 11.6 Å². The third-order valence-electron chi connectivity index (χ3n) is 2.63. The number of anilines is 1. The first-order chi connectivity index (χ1) is 9.60. The molecule has 1 heterocycles. The number of benzene rings is 1. The van der Waals surface area contributed by atoms with Gasteiger partial charge in [-0.3, -0.25) is 4.79 Å². The van der Waals surface area contributed by atoms with Crippen LogP contribution in [0.15, 0.2) is 30.3 Å². The van der Waals surface area contributed by atoms with Gasteiger partial charge in [0.2, 0.25) is 0 Å². The minimum absolute atomic E-state index is 0.272. The van der Waals surface area contributed by atoms with Crippen molar-refractivity contribution in [3.05, 3.63) is 47.5 Å². The van der Waals surface area contributed by atoms with Gasteiger partial charge < -0.3 is 10.1 Å². The van der Waals surface area contributed by atoms with Crippen LogP contribution in [0.5, 0.6) is 5.75 Å². The number of aryl methyl sites for hydroxylation is 2. The van der Waals surface area contributed by atoms with Gasteiger partial charge in [0.05, 0.1) is 12.3 Å². The Balaban J connectivity index is 2.23. The largest absolute Gasteiger partial charge is 0.492 e. The molecular formula is C15H17N3O2. The van der Waals surface area contributed by atoms with E-state index in [0.717, 1.165) is 5.69 Å². The van der Waals surface area contributed by atoms with Crippen LogP contribution in [-0.2, 0) is 0 Å². The number of amides is 1. The zero-order valence-electron chi connectivity index (χ0n) is 11.8. The second-order valence-corrected chi connectivity index (χ2v) is 4.33.